The molecule has 0 aromatic carbocycles. The summed E-state index contributed by atoms with van der Waals surface area (Å²) in [7, 11) is 0. The van der Waals surface area contributed by atoms with Gasteiger partial charge in [0.2, 0.25) is 5.91 Å². The first kappa shape index (κ1) is 18.5. The molecule has 0 radical (unpaired) electrons. The number of hydrogen-bond donors (Lipinski definition) is 1. The number of likely N-dealkylation sites (tertiary alicyclic amines) is 1. The fraction of sp³-hybridized carbons (Fsp3) is 0.750. The minimum Gasteiger partial charge on any atom is -0.444 e. The van der Waals surface area contributed by atoms with Crippen molar-refractivity contribution in [2.45, 2.75) is 39.2 Å². The van der Waals surface area contributed by atoms with E-state index in [1.807, 2.05) is 30.6 Å². The lowest BCUT2D eigenvalue weighted by Crippen LogP contribution is -2.43. The Morgan fingerprint density at radius 1 is 1.32 bits per heavy atom. The summed E-state index contributed by atoms with van der Waals surface area (Å²) in [6.45, 7) is 12.9. The number of carbonyl (C=O) groups excluding carboxylic acids is 2. The molecule has 0 spiro atoms. The van der Waals surface area contributed by atoms with E-state index >= 15 is 0 Å². The Hall–Kier alpha value is -1.56. The van der Waals surface area contributed by atoms with Gasteiger partial charge in [-0.25, -0.2) is 4.79 Å². The first-order valence-corrected chi connectivity index (χ1v) is 7.89. The molecule has 126 valence electrons. The molecule has 6 heteroatoms. The van der Waals surface area contributed by atoms with Crippen LogP contribution in [0.3, 0.4) is 0 Å². The maximum absolute atomic E-state index is 12.2. The molecule has 1 N–H and O–H groups in total. The summed E-state index contributed by atoms with van der Waals surface area (Å²) < 4.78 is 5.18. The van der Waals surface area contributed by atoms with E-state index in [0.29, 0.717) is 26.2 Å². The number of amides is 2. The van der Waals surface area contributed by atoms with E-state index in [1.165, 1.54) is 0 Å². The van der Waals surface area contributed by atoms with E-state index < -0.39 is 11.7 Å². The zero-order chi connectivity index (χ0) is 16.6. The number of nitrogens with zero attached hydrogens (tertiary/aromatic N) is 2. The molecule has 0 saturated carbocycles. The first-order valence-electron chi connectivity index (χ1n) is 7.89. The average molecular weight is 311 g/mol. The SMILES string of the molecule is C=CCN(CCNC(=O)OC(C)(C)C)CC(=O)N1CCCC1. The number of hydrogen-bond acceptors (Lipinski definition) is 4. The van der Waals surface area contributed by atoms with E-state index in [-0.39, 0.29) is 5.91 Å². The molecule has 1 heterocycles. The zero-order valence-corrected chi connectivity index (χ0v) is 14.1. The van der Waals surface area contributed by atoms with Gasteiger partial charge in [0.05, 0.1) is 6.54 Å². The highest BCUT2D eigenvalue weighted by Gasteiger charge is 2.20. The molecule has 1 aliphatic rings. The molecular formula is C16H29N3O3. The summed E-state index contributed by atoms with van der Waals surface area (Å²) in [5.74, 6) is 0.150. The Morgan fingerprint density at radius 2 is 1.95 bits per heavy atom. The second-order valence-electron chi connectivity index (χ2n) is 6.54. The molecule has 22 heavy (non-hydrogen) atoms. The number of carbonyl (C=O) groups is 2. The van der Waals surface area contributed by atoms with E-state index in [2.05, 4.69) is 11.9 Å². The number of alkyl carbamates (subject to hydrolysis) is 1. The predicted molar refractivity (Wildman–Crippen MR) is 86.7 cm³/mol. The lowest BCUT2D eigenvalue weighted by Gasteiger charge is -2.24. The topological polar surface area (TPSA) is 61.9 Å². The monoisotopic (exact) mass is 311 g/mol. The fourth-order valence-electron chi connectivity index (χ4n) is 2.31. The second kappa shape index (κ2) is 8.78. The molecule has 0 aromatic heterocycles. The van der Waals surface area contributed by atoms with Gasteiger partial charge >= 0.3 is 6.09 Å². The van der Waals surface area contributed by atoms with Crippen LogP contribution in [0.25, 0.3) is 0 Å². The number of rotatable bonds is 7. The van der Waals surface area contributed by atoms with Gasteiger partial charge in [0.15, 0.2) is 0 Å². The van der Waals surface area contributed by atoms with Gasteiger partial charge in [0.1, 0.15) is 5.60 Å². The molecule has 1 fully saturated rings. The summed E-state index contributed by atoms with van der Waals surface area (Å²) in [5, 5.41) is 2.71. The van der Waals surface area contributed by atoms with Gasteiger partial charge in [-0.05, 0) is 33.6 Å². The van der Waals surface area contributed by atoms with Crippen molar-refractivity contribution in [2.75, 3.05) is 39.3 Å². The highest BCUT2D eigenvalue weighted by atomic mass is 16.6. The molecule has 0 aliphatic carbocycles. The lowest BCUT2D eigenvalue weighted by molar-refractivity contribution is -0.131. The van der Waals surface area contributed by atoms with Crippen LogP contribution in [0.4, 0.5) is 4.79 Å². The minimum atomic E-state index is -0.503. The second-order valence-corrected chi connectivity index (χ2v) is 6.54. The Bertz CT molecular complexity index is 385. The van der Waals surface area contributed by atoms with Crippen molar-refractivity contribution in [3.05, 3.63) is 12.7 Å². The molecule has 0 atom stereocenters. The standard InChI is InChI=1S/C16H29N3O3/c1-5-9-18(13-14(20)19-10-6-7-11-19)12-8-17-15(21)22-16(2,3)4/h5H,1,6-13H2,2-4H3,(H,17,21). The summed E-state index contributed by atoms with van der Waals surface area (Å²) in [4.78, 5) is 27.6. The van der Waals surface area contributed by atoms with Gasteiger partial charge < -0.3 is 15.0 Å². The summed E-state index contributed by atoms with van der Waals surface area (Å²) in [5.41, 5.74) is -0.503. The molecule has 1 saturated heterocycles. The van der Waals surface area contributed by atoms with E-state index in [1.54, 1.807) is 6.08 Å². The fourth-order valence-corrected chi connectivity index (χ4v) is 2.31. The maximum atomic E-state index is 12.2. The van der Waals surface area contributed by atoms with Crippen molar-refractivity contribution >= 4 is 12.0 Å². The van der Waals surface area contributed by atoms with Gasteiger partial charge in [0, 0.05) is 32.7 Å². The summed E-state index contributed by atoms with van der Waals surface area (Å²) in [6.07, 6.45) is 3.52. The van der Waals surface area contributed by atoms with Crippen molar-refractivity contribution in [1.82, 2.24) is 15.1 Å². The normalized spacial score (nSPS) is 15.0. The zero-order valence-electron chi connectivity index (χ0n) is 14.1. The van der Waals surface area contributed by atoms with Crippen molar-refractivity contribution in [3.8, 4) is 0 Å². The lowest BCUT2D eigenvalue weighted by atomic mass is 10.2. The molecule has 1 aliphatic heterocycles. The third-order valence-corrected chi connectivity index (χ3v) is 3.30. The van der Waals surface area contributed by atoms with Crippen molar-refractivity contribution < 1.29 is 14.3 Å². The summed E-state index contributed by atoms with van der Waals surface area (Å²) >= 11 is 0. The van der Waals surface area contributed by atoms with Gasteiger partial charge in [-0.1, -0.05) is 6.08 Å². The van der Waals surface area contributed by atoms with Gasteiger partial charge in [0.25, 0.3) is 0 Å². The van der Waals surface area contributed by atoms with Gasteiger partial charge in [-0.3, -0.25) is 9.69 Å². The van der Waals surface area contributed by atoms with E-state index in [4.69, 9.17) is 4.74 Å². The van der Waals surface area contributed by atoms with Gasteiger partial charge in [-0.15, -0.1) is 6.58 Å². The molecular weight excluding hydrogens is 282 g/mol. The molecule has 0 unspecified atom stereocenters. The van der Waals surface area contributed by atoms with Crippen LogP contribution in [0.5, 0.6) is 0 Å². The third-order valence-electron chi connectivity index (χ3n) is 3.30. The minimum absolute atomic E-state index is 0.150. The first-order chi connectivity index (χ1) is 10.3. The van der Waals surface area contributed by atoms with Crippen LogP contribution in [0.2, 0.25) is 0 Å². The van der Waals surface area contributed by atoms with Crippen LogP contribution in [-0.4, -0.2) is 66.7 Å². The number of ether oxygens (including phenoxy) is 1. The van der Waals surface area contributed by atoms with Crippen LogP contribution >= 0.6 is 0 Å². The molecule has 6 nitrogen and oxygen atoms in total. The average Bonchev–Trinajstić information content (AvgIpc) is 2.90. The van der Waals surface area contributed by atoms with E-state index in [9.17, 15) is 9.59 Å². The van der Waals surface area contributed by atoms with Crippen LogP contribution in [0.1, 0.15) is 33.6 Å². The smallest absolute Gasteiger partial charge is 0.407 e. The molecule has 1 rings (SSSR count). The van der Waals surface area contributed by atoms with Crippen molar-refractivity contribution in [1.29, 1.82) is 0 Å². The maximum Gasteiger partial charge on any atom is 0.407 e. The van der Waals surface area contributed by atoms with Crippen molar-refractivity contribution in [2.24, 2.45) is 0 Å². The Labute approximate surface area is 133 Å². The van der Waals surface area contributed by atoms with Crippen LogP contribution < -0.4 is 5.32 Å². The summed E-state index contributed by atoms with van der Waals surface area (Å²) in [6, 6.07) is 0. The quantitative estimate of drug-likeness (QED) is 0.726. The highest BCUT2D eigenvalue weighted by molar-refractivity contribution is 5.78. The van der Waals surface area contributed by atoms with Crippen molar-refractivity contribution in [3.63, 3.8) is 0 Å². The molecule has 0 bridgehead atoms. The Balaban J connectivity index is 2.32. The largest absolute Gasteiger partial charge is 0.444 e. The molecule has 2 amide bonds. The number of nitrogens with one attached hydrogen (secondary N) is 1. The van der Waals surface area contributed by atoms with Crippen LogP contribution in [0.15, 0.2) is 12.7 Å². The highest BCUT2D eigenvalue weighted by Crippen LogP contribution is 2.08. The third kappa shape index (κ3) is 7.45. The predicted octanol–water partition coefficient (Wildman–Crippen LogP) is 1.62. The van der Waals surface area contributed by atoms with Crippen LogP contribution in [0, 0.1) is 0 Å². The molecule has 0 aromatic rings. The van der Waals surface area contributed by atoms with E-state index in [0.717, 1.165) is 25.9 Å². The Kier molecular flexibility index (Phi) is 7.38. The van der Waals surface area contributed by atoms with Gasteiger partial charge in [-0.2, -0.15) is 0 Å². The Morgan fingerprint density at radius 3 is 2.50 bits per heavy atom. The van der Waals surface area contributed by atoms with Crippen LogP contribution in [-0.2, 0) is 9.53 Å².